The van der Waals surface area contributed by atoms with Crippen LogP contribution in [0, 0.1) is 5.92 Å². The molecule has 1 N–H and O–H groups in total. The Bertz CT molecular complexity index is 658. The molecule has 0 unspecified atom stereocenters. The molecular formula is C21H28Cl2N2O. The highest BCUT2D eigenvalue weighted by atomic mass is 35.5. The topological polar surface area (TPSA) is 24.5 Å². The number of nitrogens with one attached hydrogen (secondary N) is 1. The van der Waals surface area contributed by atoms with Gasteiger partial charge in [0.15, 0.2) is 0 Å². The summed E-state index contributed by atoms with van der Waals surface area (Å²) in [6.07, 6.45) is 2.70. The highest BCUT2D eigenvalue weighted by Gasteiger charge is 2.38. The zero-order chi connectivity index (χ0) is 16.2. The lowest BCUT2D eigenvalue weighted by molar-refractivity contribution is 0.151. The maximum absolute atomic E-state index is 6.23. The predicted octanol–water partition coefficient (Wildman–Crippen LogP) is 4.47. The Labute approximate surface area is 168 Å². The van der Waals surface area contributed by atoms with Gasteiger partial charge in [0.1, 0.15) is 12.4 Å². The van der Waals surface area contributed by atoms with Crippen molar-refractivity contribution in [3.05, 3.63) is 65.7 Å². The molecule has 2 fully saturated rings. The fourth-order valence-electron chi connectivity index (χ4n) is 3.71. The Kier molecular flexibility index (Phi) is 8.23. The summed E-state index contributed by atoms with van der Waals surface area (Å²) in [7, 11) is 0. The van der Waals surface area contributed by atoms with E-state index in [-0.39, 0.29) is 24.8 Å². The SMILES string of the molecule is Cl.Cl.c1ccc(COc2ccccc2[C@@H](C2CC2)N2CCNCC2)cc1. The van der Waals surface area contributed by atoms with Gasteiger partial charge < -0.3 is 10.1 Å². The standard InChI is InChI=1S/C21H26N2O.2ClH/c1-2-6-17(7-3-1)16-24-20-9-5-4-8-19(20)21(18-10-11-18)23-14-12-22-13-15-23;;/h1-9,18,21-22H,10-16H2;2*1H/t21-;;/m1../s1. The van der Waals surface area contributed by atoms with Crippen molar-refractivity contribution in [1.29, 1.82) is 0 Å². The number of rotatable bonds is 6. The molecular weight excluding hydrogens is 367 g/mol. The molecule has 0 radical (unpaired) electrons. The van der Waals surface area contributed by atoms with Crippen LogP contribution in [0.3, 0.4) is 0 Å². The molecule has 0 spiro atoms. The van der Waals surface area contributed by atoms with Crippen LogP contribution in [0.1, 0.15) is 30.0 Å². The molecule has 0 aromatic heterocycles. The third kappa shape index (κ3) is 5.14. The molecule has 2 aromatic carbocycles. The number of hydrogen-bond donors (Lipinski definition) is 1. The van der Waals surface area contributed by atoms with Gasteiger partial charge in [0.05, 0.1) is 0 Å². The van der Waals surface area contributed by atoms with Crippen LogP contribution in [0.15, 0.2) is 54.6 Å². The monoisotopic (exact) mass is 394 g/mol. The molecule has 3 nitrogen and oxygen atoms in total. The highest BCUT2D eigenvalue weighted by molar-refractivity contribution is 5.85. The minimum Gasteiger partial charge on any atom is -0.489 e. The summed E-state index contributed by atoms with van der Waals surface area (Å²) in [5, 5.41) is 3.47. The van der Waals surface area contributed by atoms with E-state index in [2.05, 4.69) is 58.7 Å². The molecule has 1 heterocycles. The maximum Gasteiger partial charge on any atom is 0.124 e. The molecule has 0 bridgehead atoms. The number of para-hydroxylation sites is 1. The predicted molar refractivity (Wildman–Crippen MR) is 112 cm³/mol. The van der Waals surface area contributed by atoms with Crippen molar-refractivity contribution in [3.63, 3.8) is 0 Å². The maximum atomic E-state index is 6.23. The third-order valence-corrected chi connectivity index (χ3v) is 5.09. The van der Waals surface area contributed by atoms with Crippen molar-refractivity contribution in [2.24, 2.45) is 5.92 Å². The average molecular weight is 395 g/mol. The number of ether oxygens (including phenoxy) is 1. The molecule has 0 amide bonds. The normalized spacial score (nSPS) is 18.3. The number of nitrogens with zero attached hydrogens (tertiary/aromatic N) is 1. The summed E-state index contributed by atoms with van der Waals surface area (Å²) < 4.78 is 6.23. The minimum absolute atomic E-state index is 0. The number of piperazine rings is 1. The molecule has 1 aliphatic heterocycles. The second kappa shape index (κ2) is 10.2. The summed E-state index contributed by atoms with van der Waals surface area (Å²) in [5.41, 5.74) is 2.59. The second-order valence-electron chi connectivity index (χ2n) is 6.88. The second-order valence-corrected chi connectivity index (χ2v) is 6.88. The van der Waals surface area contributed by atoms with Gasteiger partial charge in [-0.15, -0.1) is 24.8 Å². The van der Waals surface area contributed by atoms with Crippen LogP contribution in [-0.2, 0) is 6.61 Å². The van der Waals surface area contributed by atoms with Gasteiger partial charge in [-0.3, -0.25) is 4.90 Å². The van der Waals surface area contributed by atoms with Crippen molar-refractivity contribution in [2.75, 3.05) is 26.2 Å². The smallest absolute Gasteiger partial charge is 0.124 e. The summed E-state index contributed by atoms with van der Waals surface area (Å²) in [4.78, 5) is 2.65. The first-order valence-corrected chi connectivity index (χ1v) is 9.12. The number of benzene rings is 2. The Morgan fingerprint density at radius 3 is 2.27 bits per heavy atom. The van der Waals surface area contributed by atoms with Crippen molar-refractivity contribution < 1.29 is 4.74 Å². The van der Waals surface area contributed by atoms with E-state index in [0.717, 1.165) is 37.8 Å². The van der Waals surface area contributed by atoms with Crippen LogP contribution in [0.2, 0.25) is 0 Å². The molecule has 142 valence electrons. The Morgan fingerprint density at radius 1 is 0.923 bits per heavy atom. The summed E-state index contributed by atoms with van der Waals surface area (Å²) >= 11 is 0. The van der Waals surface area contributed by atoms with Gasteiger partial charge in [-0.2, -0.15) is 0 Å². The first-order chi connectivity index (χ1) is 11.9. The van der Waals surface area contributed by atoms with Gasteiger partial charge in [-0.1, -0.05) is 48.5 Å². The highest BCUT2D eigenvalue weighted by Crippen LogP contribution is 2.47. The molecule has 5 heteroatoms. The van der Waals surface area contributed by atoms with Crippen molar-refractivity contribution in [2.45, 2.75) is 25.5 Å². The van der Waals surface area contributed by atoms with Gasteiger partial charge in [-0.05, 0) is 30.4 Å². The van der Waals surface area contributed by atoms with E-state index in [1.54, 1.807) is 0 Å². The van der Waals surface area contributed by atoms with Crippen LogP contribution in [0.5, 0.6) is 5.75 Å². The van der Waals surface area contributed by atoms with E-state index in [1.165, 1.54) is 24.0 Å². The first kappa shape index (κ1) is 21.0. The van der Waals surface area contributed by atoms with E-state index in [0.29, 0.717) is 12.6 Å². The lowest BCUT2D eigenvalue weighted by Crippen LogP contribution is -2.45. The largest absolute Gasteiger partial charge is 0.489 e. The van der Waals surface area contributed by atoms with Gasteiger partial charge in [0.2, 0.25) is 0 Å². The van der Waals surface area contributed by atoms with Gasteiger partial charge in [-0.25, -0.2) is 0 Å². The Morgan fingerprint density at radius 2 is 1.58 bits per heavy atom. The first-order valence-electron chi connectivity index (χ1n) is 9.12. The van der Waals surface area contributed by atoms with Crippen LogP contribution >= 0.6 is 24.8 Å². The quantitative estimate of drug-likeness (QED) is 0.781. The number of halogens is 2. The number of hydrogen-bond acceptors (Lipinski definition) is 3. The van der Waals surface area contributed by atoms with Crippen LogP contribution in [0.25, 0.3) is 0 Å². The molecule has 2 aliphatic rings. The molecule has 1 atom stereocenters. The van der Waals surface area contributed by atoms with Crippen molar-refractivity contribution in [3.8, 4) is 5.75 Å². The van der Waals surface area contributed by atoms with Crippen molar-refractivity contribution >= 4 is 24.8 Å². The van der Waals surface area contributed by atoms with Gasteiger partial charge in [0, 0.05) is 37.8 Å². The molecule has 1 saturated carbocycles. The summed E-state index contributed by atoms with van der Waals surface area (Å²) in [6.45, 7) is 5.09. The molecule has 1 aliphatic carbocycles. The summed E-state index contributed by atoms with van der Waals surface area (Å²) in [6, 6.07) is 19.6. The van der Waals surface area contributed by atoms with E-state index in [4.69, 9.17) is 4.74 Å². The lowest BCUT2D eigenvalue weighted by atomic mass is 9.98. The van der Waals surface area contributed by atoms with Gasteiger partial charge in [0.25, 0.3) is 0 Å². The van der Waals surface area contributed by atoms with Crippen LogP contribution < -0.4 is 10.1 Å². The minimum atomic E-state index is 0. The molecule has 2 aromatic rings. The Hall–Kier alpha value is -1.26. The fraction of sp³-hybridized carbons (Fsp3) is 0.429. The summed E-state index contributed by atoms with van der Waals surface area (Å²) in [5.74, 6) is 1.85. The molecule has 4 rings (SSSR count). The lowest BCUT2D eigenvalue weighted by Gasteiger charge is -2.36. The van der Waals surface area contributed by atoms with E-state index >= 15 is 0 Å². The molecule has 26 heavy (non-hydrogen) atoms. The third-order valence-electron chi connectivity index (χ3n) is 5.09. The fourth-order valence-corrected chi connectivity index (χ4v) is 3.71. The zero-order valence-electron chi connectivity index (χ0n) is 15.0. The van der Waals surface area contributed by atoms with Crippen LogP contribution in [0.4, 0.5) is 0 Å². The van der Waals surface area contributed by atoms with E-state index < -0.39 is 0 Å². The molecule has 1 saturated heterocycles. The zero-order valence-corrected chi connectivity index (χ0v) is 16.6. The van der Waals surface area contributed by atoms with E-state index in [1.807, 2.05) is 6.07 Å². The van der Waals surface area contributed by atoms with Gasteiger partial charge >= 0.3 is 0 Å². The van der Waals surface area contributed by atoms with E-state index in [9.17, 15) is 0 Å². The van der Waals surface area contributed by atoms with Crippen LogP contribution in [-0.4, -0.2) is 31.1 Å². The average Bonchev–Trinajstić information content (AvgIpc) is 3.48. The Balaban J connectivity index is 0.00000121. The van der Waals surface area contributed by atoms with Crippen molar-refractivity contribution in [1.82, 2.24) is 10.2 Å².